The molecule has 2 N–H and O–H groups in total. The summed E-state index contributed by atoms with van der Waals surface area (Å²) in [5, 5.41) is 0.846. The van der Waals surface area contributed by atoms with Gasteiger partial charge < -0.3 is 10.6 Å². The molecule has 0 aromatic heterocycles. The van der Waals surface area contributed by atoms with Crippen molar-refractivity contribution in [3.63, 3.8) is 0 Å². The Balaban J connectivity index is 2.35. The second-order valence-corrected chi connectivity index (χ2v) is 5.51. The van der Waals surface area contributed by atoms with Gasteiger partial charge in [-0.2, -0.15) is 0 Å². The summed E-state index contributed by atoms with van der Waals surface area (Å²) >= 11 is 6.32. The van der Waals surface area contributed by atoms with E-state index >= 15 is 0 Å². The SMILES string of the molecule is CC(N)Cc1c(Cl)cccc1N1CCCC1C. The van der Waals surface area contributed by atoms with Crippen LogP contribution < -0.4 is 10.6 Å². The molecular formula is C14H21ClN2. The molecule has 1 heterocycles. The Bertz CT molecular complexity index is 390. The first-order chi connectivity index (χ1) is 8.09. The monoisotopic (exact) mass is 252 g/mol. The smallest absolute Gasteiger partial charge is 0.0459 e. The van der Waals surface area contributed by atoms with Gasteiger partial charge in [-0.15, -0.1) is 0 Å². The van der Waals surface area contributed by atoms with Crippen LogP contribution in [0.25, 0.3) is 0 Å². The fraction of sp³-hybridized carbons (Fsp3) is 0.571. The van der Waals surface area contributed by atoms with Crippen LogP contribution >= 0.6 is 11.6 Å². The highest BCUT2D eigenvalue weighted by Gasteiger charge is 2.23. The lowest BCUT2D eigenvalue weighted by Gasteiger charge is -2.27. The zero-order valence-corrected chi connectivity index (χ0v) is 11.4. The van der Waals surface area contributed by atoms with Crippen LogP contribution in [0.4, 0.5) is 5.69 Å². The molecule has 2 nitrogen and oxygen atoms in total. The summed E-state index contributed by atoms with van der Waals surface area (Å²) in [7, 11) is 0. The van der Waals surface area contributed by atoms with Crippen LogP contribution in [0.3, 0.4) is 0 Å². The molecular weight excluding hydrogens is 232 g/mol. The van der Waals surface area contributed by atoms with Crippen molar-refractivity contribution in [1.82, 2.24) is 0 Å². The van der Waals surface area contributed by atoms with Crippen molar-refractivity contribution in [2.45, 2.75) is 45.2 Å². The lowest BCUT2D eigenvalue weighted by Crippen LogP contribution is -2.28. The minimum absolute atomic E-state index is 0.145. The van der Waals surface area contributed by atoms with E-state index in [1.165, 1.54) is 24.1 Å². The van der Waals surface area contributed by atoms with Crippen molar-refractivity contribution in [2.24, 2.45) is 5.73 Å². The van der Waals surface area contributed by atoms with E-state index in [2.05, 4.69) is 17.9 Å². The van der Waals surface area contributed by atoms with Gasteiger partial charge in [-0.05, 0) is 50.8 Å². The van der Waals surface area contributed by atoms with Gasteiger partial charge in [-0.25, -0.2) is 0 Å². The van der Waals surface area contributed by atoms with Crippen molar-refractivity contribution < 1.29 is 0 Å². The first kappa shape index (κ1) is 12.7. The van der Waals surface area contributed by atoms with Crippen LogP contribution in [0, 0.1) is 0 Å². The molecule has 94 valence electrons. The number of benzene rings is 1. The molecule has 0 spiro atoms. The van der Waals surface area contributed by atoms with Gasteiger partial charge in [-0.1, -0.05) is 17.7 Å². The topological polar surface area (TPSA) is 29.3 Å². The second-order valence-electron chi connectivity index (χ2n) is 5.10. The fourth-order valence-corrected chi connectivity index (χ4v) is 2.88. The van der Waals surface area contributed by atoms with E-state index in [9.17, 15) is 0 Å². The Kier molecular flexibility index (Phi) is 3.95. The number of halogens is 1. The van der Waals surface area contributed by atoms with Crippen LogP contribution in [0.5, 0.6) is 0 Å². The summed E-state index contributed by atoms with van der Waals surface area (Å²) in [4.78, 5) is 2.46. The predicted octanol–water partition coefficient (Wildman–Crippen LogP) is 3.22. The van der Waals surface area contributed by atoms with Crippen molar-refractivity contribution in [1.29, 1.82) is 0 Å². The van der Waals surface area contributed by atoms with Crippen molar-refractivity contribution in [3.8, 4) is 0 Å². The number of rotatable bonds is 3. The van der Waals surface area contributed by atoms with Gasteiger partial charge in [0.2, 0.25) is 0 Å². The van der Waals surface area contributed by atoms with E-state index in [-0.39, 0.29) is 6.04 Å². The minimum atomic E-state index is 0.145. The molecule has 1 fully saturated rings. The first-order valence-electron chi connectivity index (χ1n) is 6.39. The molecule has 0 bridgehead atoms. The Morgan fingerprint density at radius 1 is 1.53 bits per heavy atom. The summed E-state index contributed by atoms with van der Waals surface area (Å²) in [5.74, 6) is 0. The molecule has 1 aliphatic rings. The molecule has 0 radical (unpaired) electrons. The Hall–Kier alpha value is -0.730. The van der Waals surface area contributed by atoms with Crippen molar-refractivity contribution in [3.05, 3.63) is 28.8 Å². The highest BCUT2D eigenvalue weighted by molar-refractivity contribution is 6.31. The predicted molar refractivity (Wildman–Crippen MR) is 74.8 cm³/mol. The van der Waals surface area contributed by atoms with Gasteiger partial charge in [0.25, 0.3) is 0 Å². The Morgan fingerprint density at radius 3 is 2.88 bits per heavy atom. The van der Waals surface area contributed by atoms with Gasteiger partial charge in [0, 0.05) is 29.3 Å². The quantitative estimate of drug-likeness (QED) is 0.895. The first-order valence-corrected chi connectivity index (χ1v) is 6.77. The van der Waals surface area contributed by atoms with Crippen molar-refractivity contribution >= 4 is 17.3 Å². The third-order valence-electron chi connectivity index (χ3n) is 3.48. The maximum absolute atomic E-state index is 6.32. The zero-order valence-electron chi connectivity index (χ0n) is 10.6. The lowest BCUT2D eigenvalue weighted by molar-refractivity contribution is 0.712. The molecule has 1 saturated heterocycles. The van der Waals surface area contributed by atoms with E-state index in [1.54, 1.807) is 0 Å². The average Bonchev–Trinajstić information content (AvgIpc) is 2.67. The third kappa shape index (κ3) is 2.75. The molecule has 2 atom stereocenters. The van der Waals surface area contributed by atoms with Gasteiger partial charge in [0.1, 0.15) is 0 Å². The van der Waals surface area contributed by atoms with Crippen molar-refractivity contribution in [2.75, 3.05) is 11.4 Å². The van der Waals surface area contributed by atoms with Crippen LogP contribution in [0.15, 0.2) is 18.2 Å². The maximum atomic E-state index is 6.32. The molecule has 17 heavy (non-hydrogen) atoms. The number of anilines is 1. The molecule has 0 saturated carbocycles. The largest absolute Gasteiger partial charge is 0.369 e. The van der Waals surface area contributed by atoms with Gasteiger partial charge >= 0.3 is 0 Å². The van der Waals surface area contributed by atoms with E-state index in [1.807, 2.05) is 19.1 Å². The van der Waals surface area contributed by atoms with E-state index < -0.39 is 0 Å². The van der Waals surface area contributed by atoms with Crippen LogP contribution in [-0.4, -0.2) is 18.6 Å². The third-order valence-corrected chi connectivity index (χ3v) is 3.84. The molecule has 3 heteroatoms. The van der Waals surface area contributed by atoms with Crippen LogP contribution in [-0.2, 0) is 6.42 Å². The second kappa shape index (κ2) is 5.28. The van der Waals surface area contributed by atoms with Gasteiger partial charge in [0.15, 0.2) is 0 Å². The summed E-state index contributed by atoms with van der Waals surface area (Å²) in [6, 6.07) is 6.93. The normalized spacial score (nSPS) is 21.9. The van der Waals surface area contributed by atoms with E-state index in [0.29, 0.717) is 6.04 Å². The molecule has 1 aromatic carbocycles. The summed E-state index contributed by atoms with van der Waals surface area (Å²) in [6.45, 7) is 5.44. The Labute approximate surface area is 109 Å². The Morgan fingerprint density at radius 2 is 2.29 bits per heavy atom. The van der Waals surface area contributed by atoms with Gasteiger partial charge in [0.05, 0.1) is 0 Å². The number of hydrogen-bond acceptors (Lipinski definition) is 2. The van der Waals surface area contributed by atoms with Gasteiger partial charge in [-0.3, -0.25) is 0 Å². The molecule has 0 aliphatic carbocycles. The molecule has 2 unspecified atom stereocenters. The molecule has 1 aromatic rings. The van der Waals surface area contributed by atoms with E-state index in [4.69, 9.17) is 17.3 Å². The molecule has 0 amide bonds. The molecule has 1 aliphatic heterocycles. The average molecular weight is 253 g/mol. The van der Waals surface area contributed by atoms with Crippen LogP contribution in [0.2, 0.25) is 5.02 Å². The number of nitrogens with two attached hydrogens (primary N) is 1. The molecule has 2 rings (SSSR count). The zero-order chi connectivity index (χ0) is 12.4. The highest BCUT2D eigenvalue weighted by Crippen LogP contribution is 2.33. The summed E-state index contributed by atoms with van der Waals surface area (Å²) in [6.07, 6.45) is 3.38. The van der Waals surface area contributed by atoms with Crippen LogP contribution in [0.1, 0.15) is 32.3 Å². The minimum Gasteiger partial charge on any atom is -0.369 e. The maximum Gasteiger partial charge on any atom is 0.0459 e. The summed E-state index contributed by atoms with van der Waals surface area (Å²) < 4.78 is 0. The highest BCUT2D eigenvalue weighted by atomic mass is 35.5. The fourth-order valence-electron chi connectivity index (χ4n) is 2.63. The number of hydrogen-bond donors (Lipinski definition) is 1. The standard InChI is InChI=1S/C14H21ClN2/c1-10(16)9-12-13(15)6-3-7-14(12)17-8-4-5-11(17)2/h3,6-7,10-11H,4-5,8-9,16H2,1-2H3. The summed E-state index contributed by atoms with van der Waals surface area (Å²) in [5.41, 5.74) is 8.40. The number of nitrogens with zero attached hydrogens (tertiary/aromatic N) is 1. The lowest BCUT2D eigenvalue weighted by atomic mass is 10.0. The van der Waals surface area contributed by atoms with E-state index in [0.717, 1.165) is 18.0 Å².